The quantitative estimate of drug-likeness (QED) is 0.656. The lowest BCUT2D eigenvalue weighted by atomic mass is 9.92. The average Bonchev–Trinajstić information content (AvgIpc) is 2.63. The number of rotatable bonds is 1. The number of carbonyl (C=O) groups excluding carboxylic acids is 1. The summed E-state index contributed by atoms with van der Waals surface area (Å²) >= 11 is 0. The number of hydrogen-bond acceptors (Lipinski definition) is 2. The number of nitrogens with zero attached hydrogens (tertiary/aromatic N) is 1. The van der Waals surface area contributed by atoms with Crippen molar-refractivity contribution in [3.63, 3.8) is 0 Å². The van der Waals surface area contributed by atoms with Gasteiger partial charge in [0.2, 0.25) is 5.91 Å². The van der Waals surface area contributed by atoms with Gasteiger partial charge in [0.25, 0.3) is 0 Å². The third-order valence-electron chi connectivity index (χ3n) is 3.37. The van der Waals surface area contributed by atoms with Crippen LogP contribution < -0.4 is 5.32 Å². The Morgan fingerprint density at radius 2 is 2.20 bits per heavy atom. The highest BCUT2D eigenvalue weighted by atomic mass is 16.2. The van der Waals surface area contributed by atoms with Gasteiger partial charge in [-0.05, 0) is 32.6 Å². The Morgan fingerprint density at radius 3 is 2.93 bits per heavy atom. The van der Waals surface area contributed by atoms with E-state index in [0.29, 0.717) is 12.0 Å². The SMILES string of the molecule is CC(C)=CC(=O)N1CCCC2CNCC21. The Labute approximate surface area is 91.5 Å². The third-order valence-corrected chi connectivity index (χ3v) is 3.37. The van der Waals surface area contributed by atoms with Gasteiger partial charge in [0, 0.05) is 31.8 Å². The molecule has 3 heteroatoms. The molecule has 0 aliphatic carbocycles. The molecule has 2 saturated heterocycles. The van der Waals surface area contributed by atoms with Crippen molar-refractivity contribution in [2.45, 2.75) is 32.7 Å². The van der Waals surface area contributed by atoms with Gasteiger partial charge in [-0.2, -0.15) is 0 Å². The molecule has 3 nitrogen and oxygen atoms in total. The van der Waals surface area contributed by atoms with Gasteiger partial charge in [-0.1, -0.05) is 5.57 Å². The fraction of sp³-hybridized carbons (Fsp3) is 0.750. The van der Waals surface area contributed by atoms with Crippen LogP contribution in [-0.4, -0.2) is 36.5 Å². The Bertz CT molecular complexity index is 281. The first-order chi connectivity index (χ1) is 7.18. The number of amides is 1. The van der Waals surface area contributed by atoms with Crippen molar-refractivity contribution < 1.29 is 4.79 Å². The molecule has 2 aliphatic heterocycles. The van der Waals surface area contributed by atoms with Crippen LogP contribution in [0.3, 0.4) is 0 Å². The summed E-state index contributed by atoms with van der Waals surface area (Å²) in [5, 5.41) is 3.39. The Balaban J connectivity index is 2.07. The van der Waals surface area contributed by atoms with E-state index in [-0.39, 0.29) is 5.91 Å². The van der Waals surface area contributed by atoms with Crippen LogP contribution in [0.25, 0.3) is 0 Å². The van der Waals surface area contributed by atoms with Crippen molar-refractivity contribution in [1.82, 2.24) is 10.2 Å². The van der Waals surface area contributed by atoms with Gasteiger partial charge in [-0.25, -0.2) is 0 Å². The number of hydrogen-bond donors (Lipinski definition) is 1. The van der Waals surface area contributed by atoms with Crippen LogP contribution in [0.15, 0.2) is 11.6 Å². The second kappa shape index (κ2) is 4.35. The molecule has 2 rings (SSSR count). The third kappa shape index (κ3) is 2.23. The molecule has 0 aromatic rings. The van der Waals surface area contributed by atoms with Gasteiger partial charge in [0.05, 0.1) is 0 Å². The molecule has 15 heavy (non-hydrogen) atoms. The van der Waals surface area contributed by atoms with E-state index in [2.05, 4.69) is 10.2 Å². The fourth-order valence-corrected chi connectivity index (χ4v) is 2.67. The number of allylic oxidation sites excluding steroid dienone is 1. The Kier molecular flexibility index (Phi) is 3.10. The fourth-order valence-electron chi connectivity index (χ4n) is 2.67. The normalized spacial score (nSPS) is 29.9. The minimum absolute atomic E-state index is 0.202. The number of carbonyl (C=O) groups is 1. The summed E-state index contributed by atoms with van der Waals surface area (Å²) in [6, 6.07) is 0.446. The van der Waals surface area contributed by atoms with Gasteiger partial charge in [-0.15, -0.1) is 0 Å². The smallest absolute Gasteiger partial charge is 0.246 e. The first-order valence-corrected chi connectivity index (χ1v) is 5.84. The van der Waals surface area contributed by atoms with Crippen molar-refractivity contribution >= 4 is 5.91 Å². The maximum absolute atomic E-state index is 12.0. The van der Waals surface area contributed by atoms with Crippen LogP contribution in [0.4, 0.5) is 0 Å². The van der Waals surface area contributed by atoms with E-state index in [1.165, 1.54) is 6.42 Å². The summed E-state index contributed by atoms with van der Waals surface area (Å²) in [5.74, 6) is 0.890. The summed E-state index contributed by atoms with van der Waals surface area (Å²) in [6.07, 6.45) is 4.20. The molecule has 0 radical (unpaired) electrons. The lowest BCUT2D eigenvalue weighted by molar-refractivity contribution is -0.130. The molecule has 0 aromatic carbocycles. The van der Waals surface area contributed by atoms with E-state index in [9.17, 15) is 4.79 Å². The lowest BCUT2D eigenvalue weighted by Crippen LogP contribution is -2.47. The highest BCUT2D eigenvalue weighted by Gasteiger charge is 2.36. The zero-order valence-electron chi connectivity index (χ0n) is 9.62. The number of nitrogens with one attached hydrogen (secondary N) is 1. The van der Waals surface area contributed by atoms with Crippen LogP contribution >= 0.6 is 0 Å². The second-order valence-corrected chi connectivity index (χ2v) is 4.88. The maximum Gasteiger partial charge on any atom is 0.246 e. The Hall–Kier alpha value is -0.830. The summed E-state index contributed by atoms with van der Waals surface area (Å²) in [5.41, 5.74) is 1.09. The van der Waals surface area contributed by atoms with E-state index in [1.54, 1.807) is 6.08 Å². The Morgan fingerprint density at radius 1 is 1.40 bits per heavy atom. The van der Waals surface area contributed by atoms with Crippen LogP contribution in [0, 0.1) is 5.92 Å². The average molecular weight is 208 g/mol. The zero-order valence-corrected chi connectivity index (χ0v) is 9.62. The van der Waals surface area contributed by atoms with Crippen LogP contribution in [-0.2, 0) is 4.79 Å². The van der Waals surface area contributed by atoms with Gasteiger partial charge in [0.1, 0.15) is 0 Å². The van der Waals surface area contributed by atoms with Crippen LogP contribution in [0.5, 0.6) is 0 Å². The topological polar surface area (TPSA) is 32.3 Å². The lowest BCUT2D eigenvalue weighted by Gasteiger charge is -2.36. The molecule has 2 fully saturated rings. The van der Waals surface area contributed by atoms with Crippen molar-refractivity contribution in [2.24, 2.45) is 5.92 Å². The van der Waals surface area contributed by atoms with E-state index < -0.39 is 0 Å². The molecule has 0 aromatic heterocycles. The van der Waals surface area contributed by atoms with E-state index in [4.69, 9.17) is 0 Å². The van der Waals surface area contributed by atoms with Crippen LogP contribution in [0.2, 0.25) is 0 Å². The van der Waals surface area contributed by atoms with Crippen molar-refractivity contribution in [3.8, 4) is 0 Å². The molecule has 2 unspecified atom stereocenters. The van der Waals surface area contributed by atoms with Gasteiger partial charge in [0.15, 0.2) is 0 Å². The first kappa shape index (κ1) is 10.7. The molecule has 0 bridgehead atoms. The van der Waals surface area contributed by atoms with Crippen molar-refractivity contribution in [2.75, 3.05) is 19.6 Å². The van der Waals surface area contributed by atoms with Gasteiger partial charge >= 0.3 is 0 Å². The molecule has 2 aliphatic rings. The highest BCUT2D eigenvalue weighted by Crippen LogP contribution is 2.26. The molecular weight excluding hydrogens is 188 g/mol. The highest BCUT2D eigenvalue weighted by molar-refractivity contribution is 5.88. The van der Waals surface area contributed by atoms with Crippen molar-refractivity contribution in [3.05, 3.63) is 11.6 Å². The molecule has 0 spiro atoms. The minimum atomic E-state index is 0.202. The molecule has 1 N–H and O–H groups in total. The summed E-state index contributed by atoms with van der Waals surface area (Å²) < 4.78 is 0. The number of likely N-dealkylation sites (tertiary alicyclic amines) is 1. The summed E-state index contributed by atoms with van der Waals surface area (Å²) in [6.45, 7) is 6.96. The van der Waals surface area contributed by atoms with Crippen LogP contribution in [0.1, 0.15) is 26.7 Å². The standard InChI is InChI=1S/C12H20N2O/c1-9(2)6-12(15)14-5-3-4-10-7-13-8-11(10)14/h6,10-11,13H,3-5,7-8H2,1-2H3. The van der Waals surface area contributed by atoms with E-state index >= 15 is 0 Å². The zero-order chi connectivity index (χ0) is 10.8. The maximum atomic E-state index is 12.0. The largest absolute Gasteiger partial charge is 0.335 e. The molecular formula is C12H20N2O. The molecule has 1 amide bonds. The summed E-state index contributed by atoms with van der Waals surface area (Å²) in [4.78, 5) is 14.0. The number of fused-ring (bicyclic) bond motifs is 1. The van der Waals surface area contributed by atoms with Gasteiger partial charge in [-0.3, -0.25) is 4.79 Å². The molecule has 2 atom stereocenters. The van der Waals surface area contributed by atoms with Gasteiger partial charge < -0.3 is 10.2 Å². The first-order valence-electron chi connectivity index (χ1n) is 5.84. The summed E-state index contributed by atoms with van der Waals surface area (Å²) in [7, 11) is 0. The molecule has 2 heterocycles. The predicted octanol–water partition coefficient (Wildman–Crippen LogP) is 1.16. The van der Waals surface area contributed by atoms with Crippen molar-refractivity contribution in [1.29, 1.82) is 0 Å². The monoisotopic (exact) mass is 208 g/mol. The minimum Gasteiger partial charge on any atom is -0.335 e. The predicted molar refractivity (Wildman–Crippen MR) is 60.5 cm³/mol. The molecule has 84 valence electrons. The van der Waals surface area contributed by atoms with E-state index in [1.807, 2.05) is 13.8 Å². The van der Waals surface area contributed by atoms with E-state index in [0.717, 1.165) is 31.6 Å². The number of piperidine rings is 1. The second-order valence-electron chi connectivity index (χ2n) is 4.88. The molecule has 0 saturated carbocycles.